The standard InChI is InChI=1S/C11H16F2N4O2/c1-18-10-14-9(15-11(16-10)19-2)17-5-3-7(4-6-17)8(12)13/h7-8H,3-6H2,1-2H3. The average molecular weight is 274 g/mol. The maximum Gasteiger partial charge on any atom is 0.324 e. The van der Waals surface area contributed by atoms with Crippen LogP contribution in [0, 0.1) is 5.92 Å². The molecule has 2 heterocycles. The van der Waals surface area contributed by atoms with Gasteiger partial charge in [-0.15, -0.1) is 4.98 Å². The van der Waals surface area contributed by atoms with E-state index in [9.17, 15) is 8.78 Å². The van der Waals surface area contributed by atoms with Crippen molar-refractivity contribution in [2.24, 2.45) is 5.92 Å². The summed E-state index contributed by atoms with van der Waals surface area (Å²) in [6.07, 6.45) is -1.41. The third-order valence-electron chi connectivity index (χ3n) is 3.13. The number of rotatable bonds is 4. The molecule has 0 aromatic carbocycles. The normalized spacial score (nSPS) is 16.8. The summed E-state index contributed by atoms with van der Waals surface area (Å²) in [5.74, 6) is -0.140. The Morgan fingerprint density at radius 3 is 2.00 bits per heavy atom. The molecule has 0 atom stereocenters. The first-order valence-corrected chi connectivity index (χ1v) is 6.01. The molecule has 0 spiro atoms. The molecule has 0 unspecified atom stereocenters. The van der Waals surface area contributed by atoms with E-state index in [0.29, 0.717) is 31.9 Å². The van der Waals surface area contributed by atoms with Crippen LogP contribution in [0.1, 0.15) is 12.8 Å². The highest BCUT2D eigenvalue weighted by molar-refractivity contribution is 5.32. The van der Waals surface area contributed by atoms with E-state index in [2.05, 4.69) is 15.0 Å². The number of aromatic nitrogens is 3. The zero-order chi connectivity index (χ0) is 13.8. The molecule has 0 radical (unpaired) electrons. The second kappa shape index (κ2) is 5.94. The third-order valence-corrected chi connectivity index (χ3v) is 3.13. The predicted molar refractivity (Wildman–Crippen MR) is 63.9 cm³/mol. The number of ether oxygens (including phenoxy) is 2. The Labute approximate surface area is 109 Å². The largest absolute Gasteiger partial charge is 0.467 e. The van der Waals surface area contributed by atoms with Gasteiger partial charge in [-0.05, 0) is 12.8 Å². The Hall–Kier alpha value is -1.73. The minimum Gasteiger partial charge on any atom is -0.467 e. The van der Waals surface area contributed by atoms with Crippen LogP contribution in [-0.2, 0) is 0 Å². The van der Waals surface area contributed by atoms with Gasteiger partial charge >= 0.3 is 12.0 Å². The molecule has 0 aliphatic carbocycles. The molecule has 0 bridgehead atoms. The molecule has 6 nitrogen and oxygen atoms in total. The topological polar surface area (TPSA) is 60.4 Å². The second-order valence-corrected chi connectivity index (χ2v) is 4.27. The van der Waals surface area contributed by atoms with E-state index >= 15 is 0 Å². The van der Waals surface area contributed by atoms with Crippen molar-refractivity contribution in [2.75, 3.05) is 32.2 Å². The van der Waals surface area contributed by atoms with Crippen LogP contribution in [0.5, 0.6) is 12.0 Å². The molecule has 1 aliphatic heterocycles. The summed E-state index contributed by atoms with van der Waals surface area (Å²) in [6, 6.07) is 0.302. The molecule has 1 aromatic heterocycles. The first kappa shape index (κ1) is 13.7. The van der Waals surface area contributed by atoms with Crippen molar-refractivity contribution < 1.29 is 18.3 Å². The van der Waals surface area contributed by atoms with E-state index in [4.69, 9.17) is 9.47 Å². The van der Waals surface area contributed by atoms with Crippen LogP contribution in [0.4, 0.5) is 14.7 Å². The minimum absolute atomic E-state index is 0.151. The van der Waals surface area contributed by atoms with Crippen LogP contribution < -0.4 is 14.4 Å². The second-order valence-electron chi connectivity index (χ2n) is 4.27. The van der Waals surface area contributed by atoms with Gasteiger partial charge in [-0.1, -0.05) is 0 Å². The molecule has 2 rings (SSSR count). The van der Waals surface area contributed by atoms with E-state index in [0.717, 1.165) is 0 Å². The quantitative estimate of drug-likeness (QED) is 0.826. The zero-order valence-electron chi connectivity index (χ0n) is 10.8. The van der Waals surface area contributed by atoms with E-state index in [1.165, 1.54) is 14.2 Å². The van der Waals surface area contributed by atoms with E-state index < -0.39 is 12.3 Å². The van der Waals surface area contributed by atoms with Crippen LogP contribution in [0.25, 0.3) is 0 Å². The molecule has 0 saturated carbocycles. The molecule has 19 heavy (non-hydrogen) atoms. The highest BCUT2D eigenvalue weighted by atomic mass is 19.3. The molecule has 1 aromatic rings. The van der Waals surface area contributed by atoms with Gasteiger partial charge < -0.3 is 14.4 Å². The number of piperidine rings is 1. The van der Waals surface area contributed by atoms with Crippen molar-refractivity contribution in [3.8, 4) is 12.0 Å². The van der Waals surface area contributed by atoms with Gasteiger partial charge in [0.05, 0.1) is 14.2 Å². The number of hydrogen-bond acceptors (Lipinski definition) is 6. The number of nitrogens with zero attached hydrogens (tertiary/aromatic N) is 4. The number of alkyl halides is 2. The number of halogens is 2. The van der Waals surface area contributed by atoms with Gasteiger partial charge in [-0.25, -0.2) is 8.78 Å². The summed E-state index contributed by atoms with van der Waals surface area (Å²) < 4.78 is 35.1. The van der Waals surface area contributed by atoms with Gasteiger partial charge in [0.15, 0.2) is 0 Å². The van der Waals surface area contributed by atoms with Crippen LogP contribution in [0.3, 0.4) is 0 Å². The average Bonchev–Trinajstić information content (AvgIpc) is 2.46. The maximum absolute atomic E-state index is 12.6. The lowest BCUT2D eigenvalue weighted by Crippen LogP contribution is -2.37. The summed E-state index contributed by atoms with van der Waals surface area (Å²) in [5.41, 5.74) is 0. The molecule has 8 heteroatoms. The Balaban J connectivity index is 2.10. The van der Waals surface area contributed by atoms with Gasteiger partial charge in [-0.2, -0.15) is 9.97 Å². The highest BCUT2D eigenvalue weighted by Gasteiger charge is 2.27. The van der Waals surface area contributed by atoms with Gasteiger partial charge in [0.25, 0.3) is 0 Å². The predicted octanol–water partition coefficient (Wildman–Crippen LogP) is 1.37. The Morgan fingerprint density at radius 2 is 1.58 bits per heavy atom. The SMILES string of the molecule is COc1nc(OC)nc(N2CCC(C(F)F)CC2)n1. The monoisotopic (exact) mass is 274 g/mol. The zero-order valence-corrected chi connectivity index (χ0v) is 10.8. The number of hydrogen-bond donors (Lipinski definition) is 0. The number of methoxy groups -OCH3 is 2. The lowest BCUT2D eigenvalue weighted by atomic mass is 9.98. The summed E-state index contributed by atoms with van der Waals surface area (Å²) in [5, 5.41) is 0. The van der Waals surface area contributed by atoms with Gasteiger partial charge in [0.2, 0.25) is 12.4 Å². The minimum atomic E-state index is -2.26. The van der Waals surface area contributed by atoms with Crippen molar-refractivity contribution in [3.63, 3.8) is 0 Å². The fraction of sp³-hybridized carbons (Fsp3) is 0.727. The van der Waals surface area contributed by atoms with Crippen molar-refractivity contribution in [1.82, 2.24) is 15.0 Å². The molecule has 0 amide bonds. The van der Waals surface area contributed by atoms with Gasteiger partial charge in [0, 0.05) is 19.0 Å². The summed E-state index contributed by atoms with van der Waals surface area (Å²) in [6.45, 7) is 0.983. The Bertz CT molecular complexity index is 403. The Morgan fingerprint density at radius 1 is 1.05 bits per heavy atom. The van der Waals surface area contributed by atoms with Crippen LogP contribution in [0.2, 0.25) is 0 Å². The summed E-state index contributed by atoms with van der Waals surface area (Å²) >= 11 is 0. The van der Waals surface area contributed by atoms with Gasteiger partial charge in [0.1, 0.15) is 0 Å². The summed E-state index contributed by atoms with van der Waals surface area (Å²) in [4.78, 5) is 13.9. The first-order chi connectivity index (χ1) is 9.13. The fourth-order valence-corrected chi connectivity index (χ4v) is 2.00. The molecule has 1 aliphatic rings. The molecule has 0 N–H and O–H groups in total. The highest BCUT2D eigenvalue weighted by Crippen LogP contribution is 2.26. The van der Waals surface area contributed by atoms with Crippen molar-refractivity contribution in [2.45, 2.75) is 19.3 Å². The lowest BCUT2D eigenvalue weighted by molar-refractivity contribution is 0.0634. The first-order valence-electron chi connectivity index (χ1n) is 6.01. The lowest BCUT2D eigenvalue weighted by Gasteiger charge is -2.31. The van der Waals surface area contributed by atoms with Crippen molar-refractivity contribution in [1.29, 1.82) is 0 Å². The molecular formula is C11H16F2N4O2. The summed E-state index contributed by atoms with van der Waals surface area (Å²) in [7, 11) is 2.89. The van der Waals surface area contributed by atoms with Crippen LogP contribution in [-0.4, -0.2) is 48.7 Å². The number of anilines is 1. The van der Waals surface area contributed by atoms with Crippen molar-refractivity contribution in [3.05, 3.63) is 0 Å². The van der Waals surface area contributed by atoms with Crippen LogP contribution >= 0.6 is 0 Å². The van der Waals surface area contributed by atoms with E-state index in [-0.39, 0.29) is 12.0 Å². The molecular weight excluding hydrogens is 258 g/mol. The maximum atomic E-state index is 12.6. The van der Waals surface area contributed by atoms with E-state index in [1.807, 2.05) is 4.90 Å². The van der Waals surface area contributed by atoms with Crippen molar-refractivity contribution >= 4 is 5.95 Å². The fourth-order valence-electron chi connectivity index (χ4n) is 2.00. The molecule has 106 valence electrons. The smallest absolute Gasteiger partial charge is 0.324 e. The third kappa shape index (κ3) is 3.18. The molecule has 1 saturated heterocycles. The van der Waals surface area contributed by atoms with E-state index in [1.54, 1.807) is 0 Å². The molecule has 1 fully saturated rings. The van der Waals surface area contributed by atoms with Gasteiger partial charge in [-0.3, -0.25) is 0 Å². The Kier molecular flexibility index (Phi) is 4.28. The van der Waals surface area contributed by atoms with Crippen LogP contribution in [0.15, 0.2) is 0 Å².